The fourth-order valence-electron chi connectivity index (χ4n) is 1.11. The van der Waals surface area contributed by atoms with Crippen LogP contribution in [0, 0.1) is 0 Å². The largest absolute Gasteiger partial charge is 0.0800 e. The molecule has 1 unspecified atom stereocenters. The van der Waals surface area contributed by atoms with Gasteiger partial charge in [0.25, 0.3) is 0 Å². The third kappa shape index (κ3) is 2.45. The number of hydrogen-bond acceptors (Lipinski definition) is 0. The second kappa shape index (κ2) is 4.16. The third-order valence-electron chi connectivity index (χ3n) is 1.66. The number of hydrogen-bond donors (Lipinski definition) is 0. The average Bonchev–Trinajstić information content (AvgIpc) is 1.95. The van der Waals surface area contributed by atoms with Crippen LogP contribution in [-0.4, -0.2) is 3.92 Å². The molecule has 0 bridgehead atoms. The quantitative estimate of drug-likeness (QED) is 0.518. The zero-order valence-corrected chi connectivity index (χ0v) is 8.47. The molecule has 56 valence electrons. The molecular formula is C9H13I. The Morgan fingerprint density at radius 1 is 1.70 bits per heavy atom. The van der Waals surface area contributed by atoms with Crippen molar-refractivity contribution in [3.63, 3.8) is 0 Å². The smallest absolute Gasteiger partial charge is 0.0327 e. The van der Waals surface area contributed by atoms with Gasteiger partial charge in [-0.2, -0.15) is 0 Å². The zero-order valence-electron chi connectivity index (χ0n) is 6.31. The van der Waals surface area contributed by atoms with Crippen LogP contribution in [0.1, 0.15) is 26.2 Å². The summed E-state index contributed by atoms with van der Waals surface area (Å²) < 4.78 is 0.734. The molecule has 0 saturated carbocycles. The Morgan fingerprint density at radius 2 is 2.50 bits per heavy atom. The van der Waals surface area contributed by atoms with Crippen molar-refractivity contribution in [3.05, 3.63) is 23.8 Å². The summed E-state index contributed by atoms with van der Waals surface area (Å²) in [4.78, 5) is 0. The fraction of sp³-hybridized carbons (Fsp3) is 0.556. The van der Waals surface area contributed by atoms with Crippen LogP contribution in [-0.2, 0) is 0 Å². The molecule has 1 heteroatoms. The predicted octanol–water partition coefficient (Wildman–Crippen LogP) is 3.48. The molecule has 0 N–H and O–H groups in total. The topological polar surface area (TPSA) is 0 Å². The predicted molar refractivity (Wildman–Crippen MR) is 54.6 cm³/mol. The first-order valence-corrected chi connectivity index (χ1v) is 5.09. The highest BCUT2D eigenvalue weighted by atomic mass is 127. The number of rotatable bonds is 2. The van der Waals surface area contributed by atoms with Gasteiger partial charge in [0.05, 0.1) is 0 Å². The highest BCUT2D eigenvalue weighted by Gasteiger charge is 2.02. The molecule has 0 heterocycles. The minimum absolute atomic E-state index is 0.734. The second-order valence-corrected chi connectivity index (χ2v) is 4.24. The van der Waals surface area contributed by atoms with E-state index < -0.39 is 0 Å². The molecule has 1 atom stereocenters. The van der Waals surface area contributed by atoms with Gasteiger partial charge in [-0.25, -0.2) is 0 Å². The lowest BCUT2D eigenvalue weighted by Crippen LogP contribution is -1.95. The van der Waals surface area contributed by atoms with Crippen LogP contribution in [0.4, 0.5) is 0 Å². The lowest BCUT2D eigenvalue weighted by Gasteiger charge is -2.08. The van der Waals surface area contributed by atoms with Gasteiger partial charge in [-0.3, -0.25) is 0 Å². The lowest BCUT2D eigenvalue weighted by molar-refractivity contribution is 0.903. The van der Waals surface area contributed by atoms with Crippen molar-refractivity contribution in [2.75, 3.05) is 0 Å². The van der Waals surface area contributed by atoms with Crippen LogP contribution >= 0.6 is 22.6 Å². The number of alkyl halides is 1. The minimum Gasteiger partial charge on any atom is -0.0800 e. The maximum absolute atomic E-state index is 2.46. The molecule has 1 aliphatic rings. The summed E-state index contributed by atoms with van der Waals surface area (Å²) in [6.45, 7) is 2.23. The van der Waals surface area contributed by atoms with Gasteiger partial charge in [-0.1, -0.05) is 59.7 Å². The van der Waals surface area contributed by atoms with E-state index in [4.69, 9.17) is 0 Å². The van der Waals surface area contributed by atoms with E-state index in [1.807, 2.05) is 0 Å². The van der Waals surface area contributed by atoms with Crippen LogP contribution in [0.15, 0.2) is 23.8 Å². The number of halogens is 1. The van der Waals surface area contributed by atoms with Gasteiger partial charge in [0.2, 0.25) is 0 Å². The van der Waals surface area contributed by atoms with Crippen LogP contribution in [0.3, 0.4) is 0 Å². The summed E-state index contributed by atoms with van der Waals surface area (Å²) in [5.41, 5.74) is 1.52. The average molecular weight is 248 g/mol. The first kappa shape index (κ1) is 8.31. The van der Waals surface area contributed by atoms with Crippen molar-refractivity contribution < 1.29 is 0 Å². The van der Waals surface area contributed by atoms with Crippen LogP contribution < -0.4 is 0 Å². The van der Waals surface area contributed by atoms with Gasteiger partial charge >= 0.3 is 0 Å². The monoisotopic (exact) mass is 248 g/mol. The van der Waals surface area contributed by atoms with Gasteiger partial charge in [-0.05, 0) is 12.8 Å². The molecule has 0 saturated heterocycles. The molecule has 0 amide bonds. The van der Waals surface area contributed by atoms with E-state index in [9.17, 15) is 0 Å². The lowest BCUT2D eigenvalue weighted by atomic mass is 10.0. The van der Waals surface area contributed by atoms with Crippen molar-refractivity contribution in [2.45, 2.75) is 30.1 Å². The molecule has 10 heavy (non-hydrogen) atoms. The molecule has 0 radical (unpaired) electrons. The van der Waals surface area contributed by atoms with Crippen molar-refractivity contribution in [3.8, 4) is 0 Å². The summed E-state index contributed by atoms with van der Waals surface area (Å²) in [5.74, 6) is 0. The van der Waals surface area contributed by atoms with Crippen molar-refractivity contribution in [1.82, 2.24) is 0 Å². The molecular weight excluding hydrogens is 235 g/mol. The molecule has 0 aromatic heterocycles. The standard InChI is InChI=1S/C9H13I/c1-2-3-8-4-6-9(10)7-5-8/h4-6,9H,2-3,7H2,1H3. The molecule has 0 fully saturated rings. The van der Waals surface area contributed by atoms with Gasteiger partial charge < -0.3 is 0 Å². The van der Waals surface area contributed by atoms with Gasteiger partial charge in [0.15, 0.2) is 0 Å². The van der Waals surface area contributed by atoms with E-state index in [-0.39, 0.29) is 0 Å². The van der Waals surface area contributed by atoms with E-state index in [0.717, 1.165) is 3.92 Å². The van der Waals surface area contributed by atoms with Crippen LogP contribution in [0.5, 0.6) is 0 Å². The molecule has 0 aromatic carbocycles. The highest BCUT2D eigenvalue weighted by molar-refractivity contribution is 14.1. The minimum atomic E-state index is 0.734. The van der Waals surface area contributed by atoms with Crippen LogP contribution in [0.2, 0.25) is 0 Å². The van der Waals surface area contributed by atoms with E-state index in [1.54, 1.807) is 0 Å². The Labute approximate surface area is 76.5 Å². The first-order valence-electron chi connectivity index (χ1n) is 3.84. The van der Waals surface area contributed by atoms with E-state index in [1.165, 1.54) is 24.8 Å². The molecule has 0 nitrogen and oxygen atoms in total. The van der Waals surface area contributed by atoms with Gasteiger partial charge in [0.1, 0.15) is 0 Å². The Hall–Kier alpha value is 0.210. The molecule has 0 aromatic rings. The summed E-state index contributed by atoms with van der Waals surface area (Å²) in [5, 5.41) is 0. The Balaban J connectivity index is 2.42. The SMILES string of the molecule is CCCC1=CCC(I)C=C1. The van der Waals surface area contributed by atoms with E-state index >= 15 is 0 Å². The molecule has 1 rings (SSSR count). The number of allylic oxidation sites excluding steroid dienone is 4. The maximum atomic E-state index is 2.46. The third-order valence-corrected chi connectivity index (χ3v) is 2.59. The van der Waals surface area contributed by atoms with Gasteiger partial charge in [-0.15, -0.1) is 0 Å². The summed E-state index contributed by atoms with van der Waals surface area (Å²) >= 11 is 2.46. The highest BCUT2D eigenvalue weighted by Crippen LogP contribution is 2.19. The Bertz CT molecular complexity index is 156. The fourth-order valence-corrected chi connectivity index (χ4v) is 1.57. The maximum Gasteiger partial charge on any atom is 0.0327 e. The Kier molecular flexibility index (Phi) is 3.46. The van der Waals surface area contributed by atoms with E-state index in [2.05, 4.69) is 47.7 Å². The summed E-state index contributed by atoms with van der Waals surface area (Å²) in [6.07, 6.45) is 10.7. The molecule has 0 spiro atoms. The summed E-state index contributed by atoms with van der Waals surface area (Å²) in [6, 6.07) is 0. The van der Waals surface area contributed by atoms with Crippen LogP contribution in [0.25, 0.3) is 0 Å². The molecule has 1 aliphatic carbocycles. The summed E-state index contributed by atoms with van der Waals surface area (Å²) in [7, 11) is 0. The second-order valence-electron chi connectivity index (χ2n) is 2.64. The van der Waals surface area contributed by atoms with Crippen molar-refractivity contribution >= 4 is 22.6 Å². The van der Waals surface area contributed by atoms with Gasteiger partial charge in [0, 0.05) is 3.92 Å². The Morgan fingerprint density at radius 3 is 3.00 bits per heavy atom. The first-order chi connectivity index (χ1) is 4.83. The molecule has 0 aliphatic heterocycles. The zero-order chi connectivity index (χ0) is 7.40. The van der Waals surface area contributed by atoms with Crippen molar-refractivity contribution in [1.29, 1.82) is 0 Å². The van der Waals surface area contributed by atoms with E-state index in [0.29, 0.717) is 0 Å². The normalized spacial score (nSPS) is 24.6. The van der Waals surface area contributed by atoms with Crippen molar-refractivity contribution in [2.24, 2.45) is 0 Å².